The second kappa shape index (κ2) is 4.41. The van der Waals surface area contributed by atoms with Gasteiger partial charge in [-0.2, -0.15) is 0 Å². The monoisotopic (exact) mass is 224 g/mol. The first-order valence-electron chi connectivity index (χ1n) is 5.37. The van der Waals surface area contributed by atoms with Gasteiger partial charge in [0, 0.05) is 17.3 Å². The number of hydrogen-bond acceptors (Lipinski definition) is 4. The fourth-order valence-electron chi connectivity index (χ4n) is 1.83. The topological polar surface area (TPSA) is 42.0 Å². The Morgan fingerprint density at radius 1 is 1.53 bits per heavy atom. The SMILES string of the molecule is Cc1nc(C(=O)C2CCCNC2)sc1C. The highest BCUT2D eigenvalue weighted by Crippen LogP contribution is 2.22. The maximum absolute atomic E-state index is 12.1. The third kappa shape index (κ3) is 2.26. The summed E-state index contributed by atoms with van der Waals surface area (Å²) in [6.45, 7) is 5.83. The van der Waals surface area contributed by atoms with E-state index in [4.69, 9.17) is 0 Å². The summed E-state index contributed by atoms with van der Waals surface area (Å²) in [5.41, 5.74) is 0.993. The highest BCUT2D eigenvalue weighted by Gasteiger charge is 2.24. The summed E-state index contributed by atoms with van der Waals surface area (Å²) < 4.78 is 0. The highest BCUT2D eigenvalue weighted by atomic mass is 32.1. The predicted molar refractivity (Wildman–Crippen MR) is 61.5 cm³/mol. The van der Waals surface area contributed by atoms with Crippen LogP contribution in [0.4, 0.5) is 0 Å². The lowest BCUT2D eigenvalue weighted by Gasteiger charge is -2.20. The van der Waals surface area contributed by atoms with Crippen LogP contribution in [0.1, 0.15) is 33.2 Å². The molecule has 1 N–H and O–H groups in total. The molecule has 1 fully saturated rings. The largest absolute Gasteiger partial charge is 0.316 e. The fraction of sp³-hybridized carbons (Fsp3) is 0.636. The van der Waals surface area contributed by atoms with Crippen molar-refractivity contribution >= 4 is 17.1 Å². The molecule has 0 spiro atoms. The Balaban J connectivity index is 2.12. The molecule has 82 valence electrons. The van der Waals surface area contributed by atoms with Crippen LogP contribution in [0, 0.1) is 19.8 Å². The van der Waals surface area contributed by atoms with Crippen molar-refractivity contribution in [3.05, 3.63) is 15.6 Å². The number of nitrogens with one attached hydrogen (secondary N) is 1. The van der Waals surface area contributed by atoms with Crippen molar-refractivity contribution in [3.8, 4) is 0 Å². The van der Waals surface area contributed by atoms with Crippen molar-refractivity contribution in [2.45, 2.75) is 26.7 Å². The average Bonchev–Trinajstić information content (AvgIpc) is 2.59. The van der Waals surface area contributed by atoms with Gasteiger partial charge in [-0.15, -0.1) is 11.3 Å². The number of carbonyl (C=O) groups is 1. The maximum atomic E-state index is 12.1. The van der Waals surface area contributed by atoms with Gasteiger partial charge in [-0.1, -0.05) is 0 Å². The van der Waals surface area contributed by atoms with E-state index in [1.54, 1.807) is 0 Å². The van der Waals surface area contributed by atoms with Gasteiger partial charge in [0.1, 0.15) is 0 Å². The lowest BCUT2D eigenvalue weighted by molar-refractivity contribution is 0.0899. The van der Waals surface area contributed by atoms with Crippen LogP contribution in [0.3, 0.4) is 0 Å². The molecule has 0 aliphatic carbocycles. The molecule has 0 aromatic carbocycles. The molecule has 3 nitrogen and oxygen atoms in total. The Labute approximate surface area is 93.9 Å². The molecule has 0 bridgehead atoms. The molecule has 1 saturated heterocycles. The van der Waals surface area contributed by atoms with E-state index in [2.05, 4.69) is 10.3 Å². The number of rotatable bonds is 2. The Morgan fingerprint density at radius 3 is 2.87 bits per heavy atom. The van der Waals surface area contributed by atoms with Crippen LogP contribution in [0.2, 0.25) is 0 Å². The minimum atomic E-state index is 0.142. The normalized spacial score (nSPS) is 21.6. The van der Waals surface area contributed by atoms with E-state index in [9.17, 15) is 4.79 Å². The third-order valence-electron chi connectivity index (χ3n) is 2.91. The molecule has 1 aliphatic rings. The predicted octanol–water partition coefficient (Wildman–Crippen LogP) is 1.94. The van der Waals surface area contributed by atoms with Crippen LogP contribution in [0.15, 0.2) is 0 Å². The van der Waals surface area contributed by atoms with Crippen molar-refractivity contribution in [1.82, 2.24) is 10.3 Å². The fourth-order valence-corrected chi connectivity index (χ4v) is 2.76. The summed E-state index contributed by atoms with van der Waals surface area (Å²) in [6.07, 6.45) is 2.10. The lowest BCUT2D eigenvalue weighted by Crippen LogP contribution is -2.34. The van der Waals surface area contributed by atoms with Gasteiger partial charge in [0.2, 0.25) is 0 Å². The summed E-state index contributed by atoms with van der Waals surface area (Å²) in [6, 6.07) is 0. The number of ketones is 1. The molecule has 1 aromatic rings. The number of aromatic nitrogens is 1. The van der Waals surface area contributed by atoms with Crippen LogP contribution in [-0.4, -0.2) is 23.9 Å². The summed E-state index contributed by atoms with van der Waals surface area (Å²) >= 11 is 1.53. The molecule has 15 heavy (non-hydrogen) atoms. The van der Waals surface area contributed by atoms with E-state index >= 15 is 0 Å². The van der Waals surface area contributed by atoms with Gasteiger partial charge in [-0.3, -0.25) is 4.79 Å². The van der Waals surface area contributed by atoms with Crippen LogP contribution in [0.5, 0.6) is 0 Å². The Morgan fingerprint density at radius 2 is 2.33 bits per heavy atom. The van der Waals surface area contributed by atoms with Gasteiger partial charge in [-0.05, 0) is 33.2 Å². The molecule has 4 heteroatoms. The lowest BCUT2D eigenvalue weighted by atomic mass is 9.95. The van der Waals surface area contributed by atoms with Crippen LogP contribution in [-0.2, 0) is 0 Å². The molecule has 1 unspecified atom stereocenters. The quantitative estimate of drug-likeness (QED) is 0.781. The molecule has 2 heterocycles. The average molecular weight is 224 g/mol. The van der Waals surface area contributed by atoms with Gasteiger partial charge in [0.05, 0.1) is 5.69 Å². The zero-order valence-electron chi connectivity index (χ0n) is 9.17. The van der Waals surface area contributed by atoms with Crippen molar-refractivity contribution in [2.75, 3.05) is 13.1 Å². The van der Waals surface area contributed by atoms with Crippen LogP contribution >= 0.6 is 11.3 Å². The van der Waals surface area contributed by atoms with Crippen LogP contribution in [0.25, 0.3) is 0 Å². The zero-order valence-corrected chi connectivity index (χ0v) is 9.99. The number of Topliss-reactive ketones (excluding diaryl/α,β-unsaturated/α-hetero) is 1. The molecule has 0 saturated carbocycles. The van der Waals surface area contributed by atoms with E-state index in [1.165, 1.54) is 11.3 Å². The van der Waals surface area contributed by atoms with Gasteiger partial charge in [0.15, 0.2) is 10.8 Å². The highest BCUT2D eigenvalue weighted by molar-refractivity contribution is 7.13. The number of aryl methyl sites for hydroxylation is 2. The summed E-state index contributed by atoms with van der Waals surface area (Å²) in [5, 5.41) is 3.96. The van der Waals surface area contributed by atoms with E-state index in [1.807, 2.05) is 13.8 Å². The Kier molecular flexibility index (Phi) is 3.17. The standard InChI is InChI=1S/C11H16N2OS/c1-7-8(2)15-11(13-7)10(14)9-4-3-5-12-6-9/h9,12H,3-6H2,1-2H3. The van der Waals surface area contributed by atoms with Gasteiger partial charge < -0.3 is 5.32 Å². The maximum Gasteiger partial charge on any atom is 0.195 e. The van der Waals surface area contributed by atoms with Gasteiger partial charge >= 0.3 is 0 Å². The van der Waals surface area contributed by atoms with E-state index in [-0.39, 0.29) is 11.7 Å². The number of thiazole rings is 1. The summed E-state index contributed by atoms with van der Waals surface area (Å²) in [7, 11) is 0. The van der Waals surface area contributed by atoms with E-state index < -0.39 is 0 Å². The minimum absolute atomic E-state index is 0.142. The molecule has 1 aromatic heterocycles. The molecular formula is C11H16N2OS. The van der Waals surface area contributed by atoms with E-state index in [0.717, 1.165) is 36.5 Å². The molecule has 1 aliphatic heterocycles. The number of hydrogen-bond donors (Lipinski definition) is 1. The van der Waals surface area contributed by atoms with Gasteiger partial charge in [0.25, 0.3) is 0 Å². The minimum Gasteiger partial charge on any atom is -0.316 e. The van der Waals surface area contributed by atoms with E-state index in [0.29, 0.717) is 5.01 Å². The van der Waals surface area contributed by atoms with Crippen LogP contribution < -0.4 is 5.32 Å². The molecular weight excluding hydrogens is 208 g/mol. The number of carbonyl (C=O) groups excluding carboxylic acids is 1. The molecule has 0 radical (unpaired) electrons. The first-order chi connectivity index (χ1) is 7.18. The summed E-state index contributed by atoms with van der Waals surface area (Å²) in [5.74, 6) is 0.368. The second-order valence-electron chi connectivity index (χ2n) is 4.07. The molecule has 0 amide bonds. The zero-order chi connectivity index (χ0) is 10.8. The van der Waals surface area contributed by atoms with Crippen molar-refractivity contribution in [2.24, 2.45) is 5.92 Å². The van der Waals surface area contributed by atoms with Crippen molar-refractivity contribution < 1.29 is 4.79 Å². The smallest absolute Gasteiger partial charge is 0.195 e. The molecule has 1 atom stereocenters. The first-order valence-corrected chi connectivity index (χ1v) is 6.19. The Hall–Kier alpha value is -0.740. The number of nitrogens with zero attached hydrogens (tertiary/aromatic N) is 1. The summed E-state index contributed by atoms with van der Waals surface area (Å²) in [4.78, 5) is 17.6. The van der Waals surface area contributed by atoms with Crippen molar-refractivity contribution in [3.63, 3.8) is 0 Å². The number of piperidine rings is 1. The van der Waals surface area contributed by atoms with Crippen molar-refractivity contribution in [1.29, 1.82) is 0 Å². The molecule has 2 rings (SSSR count). The Bertz CT molecular complexity index is 347. The van der Waals surface area contributed by atoms with Gasteiger partial charge in [-0.25, -0.2) is 4.98 Å². The first kappa shape index (κ1) is 10.8. The second-order valence-corrected chi connectivity index (χ2v) is 5.27. The third-order valence-corrected chi connectivity index (χ3v) is 3.99.